The summed E-state index contributed by atoms with van der Waals surface area (Å²) in [5.41, 5.74) is 0.461. The molecule has 0 radical (unpaired) electrons. The molecule has 2 rings (SSSR count). The predicted octanol–water partition coefficient (Wildman–Crippen LogP) is 2.76. The smallest absolute Gasteiger partial charge is 0.321 e. The van der Waals surface area contributed by atoms with Gasteiger partial charge in [0.1, 0.15) is 0 Å². The van der Waals surface area contributed by atoms with Crippen LogP contribution in [0.25, 0.3) is 0 Å². The molecule has 4 nitrogen and oxygen atoms in total. The maximum absolute atomic E-state index is 5.04. The van der Waals surface area contributed by atoms with E-state index in [9.17, 15) is 0 Å². The van der Waals surface area contributed by atoms with E-state index in [2.05, 4.69) is 22.4 Å². The van der Waals surface area contributed by atoms with E-state index in [4.69, 9.17) is 4.52 Å². The standard InChI is InChI=1S/C11H19N3O/c1-3-11(6-4-5-7-11)8-12-10-13-9(2)14-15-10/h3-8H2,1-2H3,(H,12,13,14). The van der Waals surface area contributed by atoms with Gasteiger partial charge in [-0.1, -0.05) is 24.9 Å². The van der Waals surface area contributed by atoms with Gasteiger partial charge in [-0.2, -0.15) is 4.98 Å². The highest BCUT2D eigenvalue weighted by molar-refractivity contribution is 5.19. The van der Waals surface area contributed by atoms with Crippen LogP contribution in [0.1, 0.15) is 44.9 Å². The normalized spacial score (nSPS) is 19.3. The zero-order valence-corrected chi connectivity index (χ0v) is 9.55. The number of aromatic nitrogens is 2. The lowest BCUT2D eigenvalue weighted by molar-refractivity contribution is 0.301. The van der Waals surface area contributed by atoms with Gasteiger partial charge in [-0.3, -0.25) is 0 Å². The fraction of sp³-hybridized carbons (Fsp3) is 0.818. The summed E-state index contributed by atoms with van der Waals surface area (Å²) in [5.74, 6) is 0.689. The van der Waals surface area contributed by atoms with E-state index in [0.29, 0.717) is 17.3 Å². The van der Waals surface area contributed by atoms with Crippen molar-refractivity contribution in [2.45, 2.75) is 46.0 Å². The number of hydrogen-bond donors (Lipinski definition) is 1. The lowest BCUT2D eigenvalue weighted by Crippen LogP contribution is -2.25. The van der Waals surface area contributed by atoms with Crippen molar-refractivity contribution < 1.29 is 4.52 Å². The average molecular weight is 209 g/mol. The quantitative estimate of drug-likeness (QED) is 0.828. The Hall–Kier alpha value is -1.06. The number of anilines is 1. The first-order chi connectivity index (χ1) is 7.24. The van der Waals surface area contributed by atoms with Gasteiger partial charge in [-0.05, 0) is 31.6 Å². The molecule has 1 saturated carbocycles. The molecule has 0 atom stereocenters. The highest BCUT2D eigenvalue weighted by Crippen LogP contribution is 2.40. The second-order valence-electron chi connectivity index (χ2n) is 4.56. The molecule has 0 bridgehead atoms. The van der Waals surface area contributed by atoms with Crippen LogP contribution in [0.2, 0.25) is 0 Å². The molecule has 15 heavy (non-hydrogen) atoms. The van der Waals surface area contributed by atoms with Crippen molar-refractivity contribution in [1.82, 2.24) is 10.1 Å². The Labute approximate surface area is 90.4 Å². The van der Waals surface area contributed by atoms with Crippen LogP contribution in [-0.2, 0) is 0 Å². The van der Waals surface area contributed by atoms with Gasteiger partial charge in [0, 0.05) is 6.54 Å². The van der Waals surface area contributed by atoms with E-state index < -0.39 is 0 Å². The zero-order valence-electron chi connectivity index (χ0n) is 9.55. The lowest BCUT2D eigenvalue weighted by Gasteiger charge is -2.26. The van der Waals surface area contributed by atoms with Crippen LogP contribution in [0.4, 0.5) is 6.01 Å². The molecule has 0 unspecified atom stereocenters. The summed E-state index contributed by atoms with van der Waals surface area (Å²) in [5, 5.41) is 7.02. The Kier molecular flexibility index (Phi) is 2.93. The van der Waals surface area contributed by atoms with Crippen molar-refractivity contribution in [3.05, 3.63) is 5.82 Å². The first-order valence-electron chi connectivity index (χ1n) is 5.78. The Morgan fingerprint density at radius 3 is 2.67 bits per heavy atom. The first-order valence-corrected chi connectivity index (χ1v) is 5.78. The molecular formula is C11H19N3O. The van der Waals surface area contributed by atoms with Crippen LogP contribution < -0.4 is 5.32 Å². The molecule has 0 aliphatic heterocycles. The lowest BCUT2D eigenvalue weighted by atomic mass is 9.83. The second kappa shape index (κ2) is 4.21. The molecule has 1 heterocycles. The summed E-state index contributed by atoms with van der Waals surface area (Å²) in [7, 11) is 0. The maximum Gasteiger partial charge on any atom is 0.321 e. The summed E-state index contributed by atoms with van der Waals surface area (Å²) < 4.78 is 5.04. The molecule has 1 aliphatic rings. The second-order valence-corrected chi connectivity index (χ2v) is 4.56. The molecule has 1 fully saturated rings. The molecule has 1 aromatic heterocycles. The van der Waals surface area contributed by atoms with E-state index >= 15 is 0 Å². The van der Waals surface area contributed by atoms with Crippen LogP contribution >= 0.6 is 0 Å². The maximum atomic E-state index is 5.04. The number of hydrogen-bond acceptors (Lipinski definition) is 4. The summed E-state index contributed by atoms with van der Waals surface area (Å²) in [6, 6.07) is 0.562. The Morgan fingerprint density at radius 2 is 2.13 bits per heavy atom. The van der Waals surface area contributed by atoms with E-state index in [-0.39, 0.29) is 0 Å². The average Bonchev–Trinajstić information content (AvgIpc) is 2.85. The van der Waals surface area contributed by atoms with E-state index in [1.165, 1.54) is 32.1 Å². The van der Waals surface area contributed by atoms with Gasteiger partial charge in [-0.15, -0.1) is 0 Å². The highest BCUT2D eigenvalue weighted by Gasteiger charge is 2.31. The predicted molar refractivity (Wildman–Crippen MR) is 58.7 cm³/mol. The van der Waals surface area contributed by atoms with Crippen LogP contribution in [0.15, 0.2) is 4.52 Å². The summed E-state index contributed by atoms with van der Waals surface area (Å²) in [4.78, 5) is 4.15. The molecule has 0 amide bonds. The molecule has 0 spiro atoms. The van der Waals surface area contributed by atoms with Crippen molar-refractivity contribution in [3.8, 4) is 0 Å². The topological polar surface area (TPSA) is 51.0 Å². The Bertz CT molecular complexity index is 315. The SMILES string of the molecule is CCC1(CNc2nc(C)no2)CCCC1. The van der Waals surface area contributed by atoms with E-state index in [1.54, 1.807) is 0 Å². The van der Waals surface area contributed by atoms with Crippen molar-refractivity contribution in [2.75, 3.05) is 11.9 Å². The Morgan fingerprint density at radius 1 is 1.40 bits per heavy atom. The van der Waals surface area contributed by atoms with Gasteiger partial charge in [0.2, 0.25) is 0 Å². The Balaban J connectivity index is 1.91. The fourth-order valence-corrected chi connectivity index (χ4v) is 2.41. The minimum absolute atomic E-state index is 0.461. The monoisotopic (exact) mass is 209 g/mol. The number of aryl methyl sites for hydroxylation is 1. The van der Waals surface area contributed by atoms with Crippen LogP contribution in [0.3, 0.4) is 0 Å². The van der Waals surface area contributed by atoms with Crippen molar-refractivity contribution in [2.24, 2.45) is 5.41 Å². The summed E-state index contributed by atoms with van der Waals surface area (Å²) in [6.45, 7) is 5.07. The van der Waals surface area contributed by atoms with Crippen molar-refractivity contribution >= 4 is 6.01 Å². The third kappa shape index (κ3) is 2.30. The van der Waals surface area contributed by atoms with E-state index in [1.807, 2.05) is 6.92 Å². The summed E-state index contributed by atoms with van der Waals surface area (Å²) >= 11 is 0. The van der Waals surface area contributed by atoms with Gasteiger partial charge in [-0.25, -0.2) is 0 Å². The summed E-state index contributed by atoms with van der Waals surface area (Å²) in [6.07, 6.45) is 6.59. The minimum Gasteiger partial charge on any atom is -0.337 e. The molecule has 0 saturated heterocycles. The van der Waals surface area contributed by atoms with Gasteiger partial charge < -0.3 is 9.84 Å². The third-order valence-electron chi connectivity index (χ3n) is 3.56. The zero-order chi connectivity index (χ0) is 10.7. The molecule has 0 aromatic carbocycles. The molecule has 1 N–H and O–H groups in total. The molecular weight excluding hydrogens is 190 g/mol. The fourth-order valence-electron chi connectivity index (χ4n) is 2.41. The number of nitrogens with zero attached hydrogens (tertiary/aromatic N) is 2. The third-order valence-corrected chi connectivity index (χ3v) is 3.56. The van der Waals surface area contributed by atoms with Gasteiger partial charge in [0.05, 0.1) is 0 Å². The van der Waals surface area contributed by atoms with Crippen LogP contribution in [0.5, 0.6) is 0 Å². The van der Waals surface area contributed by atoms with Crippen LogP contribution in [0, 0.1) is 12.3 Å². The highest BCUT2D eigenvalue weighted by atomic mass is 16.5. The molecule has 84 valence electrons. The van der Waals surface area contributed by atoms with Crippen molar-refractivity contribution in [3.63, 3.8) is 0 Å². The molecule has 1 aromatic rings. The van der Waals surface area contributed by atoms with Crippen LogP contribution in [-0.4, -0.2) is 16.7 Å². The molecule has 4 heteroatoms. The van der Waals surface area contributed by atoms with Gasteiger partial charge in [0.15, 0.2) is 5.82 Å². The number of nitrogens with one attached hydrogen (secondary N) is 1. The molecule has 1 aliphatic carbocycles. The van der Waals surface area contributed by atoms with E-state index in [0.717, 1.165) is 6.54 Å². The van der Waals surface area contributed by atoms with Gasteiger partial charge in [0.25, 0.3) is 0 Å². The van der Waals surface area contributed by atoms with Gasteiger partial charge >= 0.3 is 6.01 Å². The first kappa shape index (κ1) is 10.5. The largest absolute Gasteiger partial charge is 0.337 e. The minimum atomic E-state index is 0.461. The van der Waals surface area contributed by atoms with Crippen molar-refractivity contribution in [1.29, 1.82) is 0 Å². The number of rotatable bonds is 4.